The van der Waals surface area contributed by atoms with Crippen LogP contribution in [0.25, 0.3) is 0 Å². The van der Waals surface area contributed by atoms with E-state index in [4.69, 9.17) is 10.00 Å². The molecule has 1 saturated carbocycles. The number of nitriles is 1. The quantitative estimate of drug-likeness (QED) is 0.826. The van der Waals surface area contributed by atoms with E-state index >= 15 is 0 Å². The van der Waals surface area contributed by atoms with E-state index in [1.165, 1.54) is 12.8 Å². The van der Waals surface area contributed by atoms with Crippen molar-refractivity contribution in [3.05, 3.63) is 23.9 Å². The number of rotatable bonds is 5. The van der Waals surface area contributed by atoms with Crippen LogP contribution in [0.2, 0.25) is 0 Å². The Morgan fingerprint density at radius 3 is 2.62 bits per heavy atom. The first-order chi connectivity index (χ1) is 11.8. The van der Waals surface area contributed by atoms with E-state index in [9.17, 15) is 4.79 Å². The van der Waals surface area contributed by atoms with E-state index in [1.807, 2.05) is 11.0 Å². The number of nitrogens with zero attached hydrogens (tertiary/aromatic N) is 4. The van der Waals surface area contributed by atoms with Gasteiger partial charge >= 0.3 is 0 Å². The van der Waals surface area contributed by atoms with Crippen LogP contribution >= 0.6 is 0 Å². The molecule has 0 spiro atoms. The zero-order valence-corrected chi connectivity index (χ0v) is 14.0. The van der Waals surface area contributed by atoms with Crippen LogP contribution in [-0.4, -0.2) is 54.7 Å². The van der Waals surface area contributed by atoms with Crippen LogP contribution in [-0.2, 0) is 9.53 Å². The Morgan fingerprint density at radius 1 is 1.25 bits per heavy atom. The zero-order chi connectivity index (χ0) is 16.8. The van der Waals surface area contributed by atoms with Crippen molar-refractivity contribution in [2.24, 2.45) is 0 Å². The number of aromatic nitrogens is 1. The van der Waals surface area contributed by atoms with Crippen molar-refractivity contribution in [3.8, 4) is 6.07 Å². The fourth-order valence-corrected chi connectivity index (χ4v) is 3.35. The molecule has 6 nitrogen and oxygen atoms in total. The molecule has 1 aliphatic carbocycles. The SMILES string of the molecule is N#Cc1ccc(N2CCN(C(=O)CCOC3CCCC3)CC2)nc1. The maximum Gasteiger partial charge on any atom is 0.225 e. The third-order valence-electron chi connectivity index (χ3n) is 4.81. The smallest absolute Gasteiger partial charge is 0.225 e. The maximum absolute atomic E-state index is 12.3. The van der Waals surface area contributed by atoms with E-state index in [2.05, 4.69) is 16.0 Å². The number of anilines is 1. The van der Waals surface area contributed by atoms with Crippen molar-refractivity contribution in [1.29, 1.82) is 5.26 Å². The third kappa shape index (κ3) is 4.24. The van der Waals surface area contributed by atoms with E-state index in [0.717, 1.165) is 31.7 Å². The summed E-state index contributed by atoms with van der Waals surface area (Å²) in [5, 5.41) is 8.82. The fraction of sp³-hybridized carbons (Fsp3) is 0.611. The largest absolute Gasteiger partial charge is 0.378 e. The first kappa shape index (κ1) is 16.7. The van der Waals surface area contributed by atoms with Gasteiger partial charge in [0.05, 0.1) is 24.7 Å². The minimum absolute atomic E-state index is 0.181. The molecule has 0 radical (unpaired) electrons. The number of carbonyl (C=O) groups is 1. The molecule has 1 aromatic rings. The first-order valence-corrected chi connectivity index (χ1v) is 8.77. The summed E-state index contributed by atoms with van der Waals surface area (Å²) in [7, 11) is 0. The molecule has 0 aromatic carbocycles. The zero-order valence-electron chi connectivity index (χ0n) is 14.0. The molecule has 2 fully saturated rings. The second-order valence-corrected chi connectivity index (χ2v) is 6.41. The lowest BCUT2D eigenvalue weighted by Crippen LogP contribution is -2.49. The van der Waals surface area contributed by atoms with Crippen molar-refractivity contribution in [2.75, 3.05) is 37.7 Å². The third-order valence-corrected chi connectivity index (χ3v) is 4.81. The summed E-state index contributed by atoms with van der Waals surface area (Å²) in [6.07, 6.45) is 7.24. The molecule has 0 bridgehead atoms. The predicted molar refractivity (Wildman–Crippen MR) is 90.6 cm³/mol. The van der Waals surface area contributed by atoms with Gasteiger partial charge in [0.2, 0.25) is 5.91 Å². The van der Waals surface area contributed by atoms with Crippen molar-refractivity contribution in [1.82, 2.24) is 9.88 Å². The molecule has 0 unspecified atom stereocenters. The summed E-state index contributed by atoms with van der Waals surface area (Å²) in [6, 6.07) is 5.72. The average Bonchev–Trinajstić information content (AvgIpc) is 3.15. The highest BCUT2D eigenvalue weighted by molar-refractivity contribution is 5.76. The Labute approximate surface area is 143 Å². The summed E-state index contributed by atoms with van der Waals surface area (Å²) >= 11 is 0. The Kier molecular flexibility index (Phi) is 5.65. The van der Waals surface area contributed by atoms with Gasteiger partial charge in [-0.25, -0.2) is 4.98 Å². The lowest BCUT2D eigenvalue weighted by atomic mass is 10.2. The topological polar surface area (TPSA) is 69.5 Å². The van der Waals surface area contributed by atoms with E-state index < -0.39 is 0 Å². The number of amides is 1. The van der Waals surface area contributed by atoms with Crippen LogP contribution in [0, 0.1) is 11.3 Å². The monoisotopic (exact) mass is 328 g/mol. The summed E-state index contributed by atoms with van der Waals surface area (Å²) in [5.41, 5.74) is 0.565. The van der Waals surface area contributed by atoms with Gasteiger partial charge in [-0.15, -0.1) is 0 Å². The number of piperazine rings is 1. The molecule has 1 aromatic heterocycles. The van der Waals surface area contributed by atoms with Gasteiger partial charge in [0, 0.05) is 32.4 Å². The fourth-order valence-electron chi connectivity index (χ4n) is 3.35. The van der Waals surface area contributed by atoms with Gasteiger partial charge in [-0.1, -0.05) is 12.8 Å². The lowest BCUT2D eigenvalue weighted by molar-refractivity contribution is -0.133. The molecule has 128 valence electrons. The van der Waals surface area contributed by atoms with E-state index in [0.29, 0.717) is 37.8 Å². The Morgan fingerprint density at radius 2 is 2.00 bits per heavy atom. The van der Waals surface area contributed by atoms with E-state index in [-0.39, 0.29) is 5.91 Å². The normalized spacial score (nSPS) is 18.6. The first-order valence-electron chi connectivity index (χ1n) is 8.77. The number of pyridine rings is 1. The predicted octanol–water partition coefficient (Wildman–Crippen LogP) is 1.95. The number of ether oxygens (including phenoxy) is 1. The van der Waals surface area contributed by atoms with Gasteiger partial charge < -0.3 is 14.5 Å². The number of hydrogen-bond donors (Lipinski definition) is 0. The van der Waals surface area contributed by atoms with Gasteiger partial charge in [0.25, 0.3) is 0 Å². The molecular formula is C18H24N4O2. The van der Waals surface area contributed by atoms with Crippen LogP contribution in [0.4, 0.5) is 5.82 Å². The van der Waals surface area contributed by atoms with Gasteiger partial charge in [0.15, 0.2) is 0 Å². The van der Waals surface area contributed by atoms with Crippen molar-refractivity contribution < 1.29 is 9.53 Å². The summed E-state index contributed by atoms with van der Waals surface area (Å²) < 4.78 is 5.78. The van der Waals surface area contributed by atoms with Crippen LogP contribution in [0.1, 0.15) is 37.7 Å². The van der Waals surface area contributed by atoms with Crippen LogP contribution in [0.5, 0.6) is 0 Å². The van der Waals surface area contributed by atoms with Crippen LogP contribution < -0.4 is 4.90 Å². The average molecular weight is 328 g/mol. The van der Waals surface area contributed by atoms with Crippen molar-refractivity contribution >= 4 is 11.7 Å². The molecule has 0 atom stereocenters. The number of hydrogen-bond acceptors (Lipinski definition) is 5. The van der Waals surface area contributed by atoms with Gasteiger partial charge in [0.1, 0.15) is 11.9 Å². The second kappa shape index (κ2) is 8.11. The highest BCUT2D eigenvalue weighted by atomic mass is 16.5. The lowest BCUT2D eigenvalue weighted by Gasteiger charge is -2.35. The van der Waals surface area contributed by atoms with Gasteiger partial charge in [-0.3, -0.25) is 4.79 Å². The molecule has 3 rings (SSSR count). The molecule has 24 heavy (non-hydrogen) atoms. The molecular weight excluding hydrogens is 304 g/mol. The van der Waals surface area contributed by atoms with Crippen LogP contribution in [0.15, 0.2) is 18.3 Å². The molecule has 1 saturated heterocycles. The Hall–Kier alpha value is -2.13. The minimum Gasteiger partial charge on any atom is -0.378 e. The van der Waals surface area contributed by atoms with E-state index in [1.54, 1.807) is 12.3 Å². The van der Waals surface area contributed by atoms with Gasteiger partial charge in [-0.05, 0) is 25.0 Å². The second-order valence-electron chi connectivity index (χ2n) is 6.41. The molecule has 1 aliphatic heterocycles. The maximum atomic E-state index is 12.3. The molecule has 0 N–H and O–H groups in total. The minimum atomic E-state index is 0.181. The van der Waals surface area contributed by atoms with Crippen LogP contribution in [0.3, 0.4) is 0 Å². The molecule has 1 amide bonds. The standard InChI is InChI=1S/C18H24N4O2/c19-13-15-5-6-17(20-14-15)21-8-10-22(11-9-21)18(23)7-12-24-16-3-1-2-4-16/h5-6,14,16H,1-4,7-12H2. The summed E-state index contributed by atoms with van der Waals surface area (Å²) in [4.78, 5) is 20.7. The molecule has 6 heteroatoms. The summed E-state index contributed by atoms with van der Waals surface area (Å²) in [5.74, 6) is 1.05. The summed E-state index contributed by atoms with van der Waals surface area (Å²) in [6.45, 7) is 3.51. The van der Waals surface area contributed by atoms with Gasteiger partial charge in [-0.2, -0.15) is 5.26 Å². The number of carbonyl (C=O) groups excluding carboxylic acids is 1. The highest BCUT2D eigenvalue weighted by Gasteiger charge is 2.22. The Balaban J connectivity index is 1.40. The van der Waals surface area contributed by atoms with Crippen molar-refractivity contribution in [3.63, 3.8) is 0 Å². The van der Waals surface area contributed by atoms with Crippen molar-refractivity contribution in [2.45, 2.75) is 38.2 Å². The highest BCUT2D eigenvalue weighted by Crippen LogP contribution is 2.21. The molecule has 2 aliphatic rings. The Bertz CT molecular complexity index is 582. The molecule has 2 heterocycles.